The van der Waals surface area contributed by atoms with Crippen LogP contribution in [-0.4, -0.2) is 40.5 Å². The standard InChI is InChI=1S/C12H13N3O4/c16-9(15-7-3-4-7)6-14-11(17)10-8(12(18)19)2-1-5-13-10/h1-2,5,7H,3-4,6H2,(H,14,17)(H,15,16)(H,18,19). The molecule has 1 heterocycles. The average molecular weight is 263 g/mol. The monoisotopic (exact) mass is 263 g/mol. The minimum atomic E-state index is -1.24. The van der Waals surface area contributed by atoms with Gasteiger partial charge in [0.25, 0.3) is 5.91 Å². The van der Waals surface area contributed by atoms with E-state index in [0.29, 0.717) is 0 Å². The van der Waals surface area contributed by atoms with Gasteiger partial charge in [0, 0.05) is 12.2 Å². The van der Waals surface area contributed by atoms with Gasteiger partial charge in [-0.3, -0.25) is 14.6 Å². The highest BCUT2D eigenvalue weighted by atomic mass is 16.4. The Hall–Kier alpha value is -2.44. The summed E-state index contributed by atoms with van der Waals surface area (Å²) in [6.45, 7) is -0.190. The molecule has 1 saturated carbocycles. The van der Waals surface area contributed by atoms with Crippen LogP contribution >= 0.6 is 0 Å². The molecule has 100 valence electrons. The predicted molar refractivity (Wildman–Crippen MR) is 64.7 cm³/mol. The molecule has 0 unspecified atom stereocenters. The number of carboxylic acid groups (broad SMARTS) is 1. The topological polar surface area (TPSA) is 108 Å². The number of aromatic nitrogens is 1. The van der Waals surface area contributed by atoms with Crippen molar-refractivity contribution in [2.24, 2.45) is 0 Å². The minimum absolute atomic E-state index is 0.190. The normalized spacial score (nSPS) is 13.7. The smallest absolute Gasteiger partial charge is 0.338 e. The molecule has 2 amide bonds. The zero-order chi connectivity index (χ0) is 13.8. The Balaban J connectivity index is 1.95. The Labute approximate surface area is 109 Å². The third kappa shape index (κ3) is 3.51. The first kappa shape index (κ1) is 13.0. The fourth-order valence-corrected chi connectivity index (χ4v) is 1.51. The molecule has 19 heavy (non-hydrogen) atoms. The highest BCUT2D eigenvalue weighted by Crippen LogP contribution is 2.18. The van der Waals surface area contributed by atoms with E-state index in [-0.39, 0.29) is 29.8 Å². The fourth-order valence-electron chi connectivity index (χ4n) is 1.51. The average Bonchev–Trinajstić information content (AvgIpc) is 3.19. The van der Waals surface area contributed by atoms with E-state index >= 15 is 0 Å². The van der Waals surface area contributed by atoms with Crippen molar-refractivity contribution in [2.45, 2.75) is 18.9 Å². The number of nitrogens with one attached hydrogen (secondary N) is 2. The van der Waals surface area contributed by atoms with Crippen LogP contribution in [0.4, 0.5) is 0 Å². The Morgan fingerprint density at radius 1 is 1.37 bits per heavy atom. The molecule has 1 aliphatic carbocycles. The van der Waals surface area contributed by atoms with Gasteiger partial charge in [0.05, 0.1) is 12.1 Å². The van der Waals surface area contributed by atoms with Crippen molar-refractivity contribution >= 4 is 17.8 Å². The first-order chi connectivity index (χ1) is 9.08. The number of carbonyl (C=O) groups is 3. The highest BCUT2D eigenvalue weighted by molar-refractivity contribution is 6.04. The Morgan fingerprint density at radius 2 is 2.11 bits per heavy atom. The summed E-state index contributed by atoms with van der Waals surface area (Å²) in [4.78, 5) is 37.8. The van der Waals surface area contributed by atoms with Gasteiger partial charge in [-0.05, 0) is 25.0 Å². The molecule has 0 aromatic carbocycles. The van der Waals surface area contributed by atoms with Crippen molar-refractivity contribution in [3.63, 3.8) is 0 Å². The van der Waals surface area contributed by atoms with Crippen LogP contribution in [0.25, 0.3) is 0 Å². The number of carboxylic acids is 1. The summed E-state index contributed by atoms with van der Waals surface area (Å²) >= 11 is 0. The quantitative estimate of drug-likeness (QED) is 0.681. The summed E-state index contributed by atoms with van der Waals surface area (Å²) in [6, 6.07) is 2.93. The molecule has 3 N–H and O–H groups in total. The van der Waals surface area contributed by atoms with E-state index in [1.807, 2.05) is 0 Å². The number of amides is 2. The summed E-state index contributed by atoms with van der Waals surface area (Å²) in [5.41, 5.74) is -0.392. The summed E-state index contributed by atoms with van der Waals surface area (Å²) in [5, 5.41) is 14.0. The third-order valence-electron chi connectivity index (χ3n) is 2.61. The van der Waals surface area contributed by atoms with Gasteiger partial charge in [0.1, 0.15) is 5.69 Å². The van der Waals surface area contributed by atoms with Gasteiger partial charge in [0.15, 0.2) is 0 Å². The number of hydrogen-bond donors (Lipinski definition) is 3. The first-order valence-electron chi connectivity index (χ1n) is 5.84. The number of aromatic carboxylic acids is 1. The molecule has 1 aliphatic rings. The van der Waals surface area contributed by atoms with E-state index in [0.717, 1.165) is 12.8 Å². The maximum Gasteiger partial charge on any atom is 0.338 e. The second kappa shape index (κ2) is 5.47. The number of nitrogens with zero attached hydrogens (tertiary/aromatic N) is 1. The second-order valence-corrected chi connectivity index (χ2v) is 4.23. The lowest BCUT2D eigenvalue weighted by Gasteiger charge is -2.07. The molecule has 1 aromatic heterocycles. The number of hydrogen-bond acceptors (Lipinski definition) is 4. The zero-order valence-electron chi connectivity index (χ0n) is 10.0. The second-order valence-electron chi connectivity index (χ2n) is 4.23. The Morgan fingerprint density at radius 3 is 2.74 bits per heavy atom. The molecule has 1 aromatic rings. The van der Waals surface area contributed by atoms with Gasteiger partial charge in [-0.2, -0.15) is 0 Å². The van der Waals surface area contributed by atoms with Crippen LogP contribution in [0, 0.1) is 0 Å². The van der Waals surface area contributed by atoms with E-state index in [2.05, 4.69) is 15.6 Å². The summed E-state index contributed by atoms with van der Waals surface area (Å²) in [7, 11) is 0. The fraction of sp³-hybridized carbons (Fsp3) is 0.333. The maximum atomic E-state index is 11.8. The lowest BCUT2D eigenvalue weighted by atomic mass is 10.2. The van der Waals surface area contributed by atoms with Crippen LogP contribution in [-0.2, 0) is 4.79 Å². The molecule has 0 atom stereocenters. The van der Waals surface area contributed by atoms with Gasteiger partial charge < -0.3 is 15.7 Å². The largest absolute Gasteiger partial charge is 0.478 e. The Bertz CT molecular complexity index is 525. The third-order valence-corrected chi connectivity index (χ3v) is 2.61. The van der Waals surface area contributed by atoms with Gasteiger partial charge >= 0.3 is 5.97 Å². The van der Waals surface area contributed by atoms with Crippen LogP contribution in [0.1, 0.15) is 33.7 Å². The summed E-state index contributed by atoms with van der Waals surface area (Å²) in [6.07, 6.45) is 3.25. The van der Waals surface area contributed by atoms with E-state index in [1.165, 1.54) is 18.3 Å². The van der Waals surface area contributed by atoms with Crippen molar-refractivity contribution in [2.75, 3.05) is 6.54 Å². The number of carbonyl (C=O) groups excluding carboxylic acids is 2. The molecule has 7 nitrogen and oxygen atoms in total. The summed E-state index contributed by atoms with van der Waals surface area (Å²) in [5.74, 6) is -2.20. The van der Waals surface area contributed by atoms with Gasteiger partial charge in [-0.25, -0.2) is 4.79 Å². The van der Waals surface area contributed by atoms with Crippen molar-refractivity contribution < 1.29 is 19.5 Å². The van der Waals surface area contributed by atoms with Crippen LogP contribution in [0.15, 0.2) is 18.3 Å². The molecular formula is C12H13N3O4. The summed E-state index contributed by atoms with van der Waals surface area (Å²) < 4.78 is 0. The van der Waals surface area contributed by atoms with E-state index in [9.17, 15) is 14.4 Å². The van der Waals surface area contributed by atoms with Crippen LogP contribution in [0.2, 0.25) is 0 Å². The molecule has 0 saturated heterocycles. The first-order valence-corrected chi connectivity index (χ1v) is 5.84. The number of rotatable bonds is 5. The maximum absolute atomic E-state index is 11.8. The molecule has 1 fully saturated rings. The van der Waals surface area contributed by atoms with Crippen molar-refractivity contribution in [1.82, 2.24) is 15.6 Å². The zero-order valence-corrected chi connectivity index (χ0v) is 10.0. The lowest BCUT2D eigenvalue weighted by Crippen LogP contribution is -2.38. The van der Waals surface area contributed by atoms with Crippen molar-refractivity contribution in [3.8, 4) is 0 Å². The minimum Gasteiger partial charge on any atom is -0.478 e. The molecule has 2 rings (SSSR count). The van der Waals surface area contributed by atoms with Crippen molar-refractivity contribution in [1.29, 1.82) is 0 Å². The SMILES string of the molecule is O=C(CNC(=O)c1ncccc1C(=O)O)NC1CC1. The molecule has 0 bridgehead atoms. The molecule has 7 heteroatoms. The van der Waals surface area contributed by atoms with Gasteiger partial charge in [-0.1, -0.05) is 0 Å². The van der Waals surface area contributed by atoms with Crippen molar-refractivity contribution in [3.05, 3.63) is 29.6 Å². The Kier molecular flexibility index (Phi) is 3.74. The molecule has 0 aliphatic heterocycles. The number of pyridine rings is 1. The van der Waals surface area contributed by atoms with Crippen LogP contribution in [0.5, 0.6) is 0 Å². The van der Waals surface area contributed by atoms with E-state index in [4.69, 9.17) is 5.11 Å². The molecular weight excluding hydrogens is 250 g/mol. The van der Waals surface area contributed by atoms with E-state index in [1.54, 1.807) is 0 Å². The molecule has 0 radical (unpaired) electrons. The predicted octanol–water partition coefficient (Wildman–Crippen LogP) is -0.212. The van der Waals surface area contributed by atoms with Crippen LogP contribution in [0.3, 0.4) is 0 Å². The lowest BCUT2D eigenvalue weighted by molar-refractivity contribution is -0.120. The van der Waals surface area contributed by atoms with E-state index < -0.39 is 11.9 Å². The van der Waals surface area contributed by atoms with Gasteiger partial charge in [0.2, 0.25) is 5.91 Å². The highest BCUT2D eigenvalue weighted by Gasteiger charge is 2.24. The van der Waals surface area contributed by atoms with Crippen LogP contribution < -0.4 is 10.6 Å². The molecule has 0 spiro atoms. The van der Waals surface area contributed by atoms with Gasteiger partial charge in [-0.15, -0.1) is 0 Å².